The van der Waals surface area contributed by atoms with Gasteiger partial charge in [0.1, 0.15) is 0 Å². The number of hydrogen-bond acceptors (Lipinski definition) is 6. The highest BCUT2D eigenvalue weighted by Gasteiger charge is 2.22. The Hall–Kier alpha value is -2.12. The molecular formula is C22H14O2S4. The van der Waals surface area contributed by atoms with Crippen molar-refractivity contribution in [1.29, 1.82) is 0 Å². The first kappa shape index (κ1) is 17.9. The van der Waals surface area contributed by atoms with Gasteiger partial charge < -0.3 is 0 Å². The molecule has 0 unspecified atom stereocenters. The lowest BCUT2D eigenvalue weighted by molar-refractivity contribution is 0.111. The fourth-order valence-corrected chi connectivity index (χ4v) is 8.72. The maximum atomic E-state index is 11.3. The third-order valence-corrected chi connectivity index (χ3v) is 10.1. The molecule has 4 aromatic heterocycles. The molecule has 0 fully saturated rings. The number of benzene rings is 1. The molecule has 0 radical (unpaired) electrons. The predicted octanol–water partition coefficient (Wildman–Crippen LogP) is 7.81. The van der Waals surface area contributed by atoms with Crippen molar-refractivity contribution >= 4 is 78.1 Å². The molecule has 0 saturated carbocycles. The van der Waals surface area contributed by atoms with Crippen molar-refractivity contribution in [3.05, 3.63) is 57.3 Å². The van der Waals surface area contributed by atoms with Crippen molar-refractivity contribution in [3.8, 4) is 19.5 Å². The van der Waals surface area contributed by atoms with Gasteiger partial charge >= 0.3 is 0 Å². The Morgan fingerprint density at radius 2 is 1.46 bits per heavy atom. The van der Waals surface area contributed by atoms with Gasteiger partial charge in [0, 0.05) is 25.9 Å². The zero-order valence-corrected chi connectivity index (χ0v) is 18.3. The Balaban J connectivity index is 1.78. The molecule has 0 bridgehead atoms. The van der Waals surface area contributed by atoms with Crippen LogP contribution >= 0.6 is 45.3 Å². The summed E-state index contributed by atoms with van der Waals surface area (Å²) in [6.07, 6.45) is 1.88. The van der Waals surface area contributed by atoms with Gasteiger partial charge in [-0.05, 0) is 37.1 Å². The average Bonchev–Trinajstić information content (AvgIpc) is 3.45. The molecule has 0 N–H and O–H groups in total. The summed E-state index contributed by atoms with van der Waals surface area (Å²) in [7, 11) is 0. The fraction of sp³-hybridized carbons (Fsp3) is 0.0909. The van der Waals surface area contributed by atoms with Crippen LogP contribution in [-0.4, -0.2) is 12.6 Å². The highest BCUT2D eigenvalue weighted by molar-refractivity contribution is 7.41. The van der Waals surface area contributed by atoms with Crippen molar-refractivity contribution < 1.29 is 9.59 Å². The standard InChI is InChI=1S/C22H14O2S4/c1-11-17(10-24)26-22-18(11)12(2)19(28-22)21-15-6-4-3-5-14(15)20(27-21)16-8-7-13(9-23)25-16/h3-10H,1-2H3. The molecule has 0 aliphatic rings. The van der Waals surface area contributed by atoms with E-state index in [1.807, 2.05) is 19.1 Å². The second-order valence-corrected chi connectivity index (χ2v) is 11.0. The van der Waals surface area contributed by atoms with E-state index in [2.05, 4.69) is 31.2 Å². The summed E-state index contributed by atoms with van der Waals surface area (Å²) in [5.41, 5.74) is 2.34. The van der Waals surface area contributed by atoms with E-state index in [9.17, 15) is 9.59 Å². The van der Waals surface area contributed by atoms with Gasteiger partial charge in [-0.2, -0.15) is 0 Å². The molecule has 2 nitrogen and oxygen atoms in total. The number of carbonyl (C=O) groups is 2. The van der Waals surface area contributed by atoms with E-state index in [4.69, 9.17) is 0 Å². The van der Waals surface area contributed by atoms with Crippen LogP contribution in [0.4, 0.5) is 0 Å². The molecule has 0 aliphatic heterocycles. The highest BCUT2D eigenvalue weighted by atomic mass is 32.2. The first-order valence-corrected chi connectivity index (χ1v) is 11.9. The zero-order chi connectivity index (χ0) is 19.4. The van der Waals surface area contributed by atoms with E-state index in [1.165, 1.54) is 51.7 Å². The van der Waals surface area contributed by atoms with Gasteiger partial charge in [0.05, 0.1) is 23.5 Å². The van der Waals surface area contributed by atoms with Gasteiger partial charge in [-0.25, -0.2) is 0 Å². The van der Waals surface area contributed by atoms with E-state index >= 15 is 0 Å². The SMILES string of the molecule is Cc1c(C=O)sc2sc(-c3sc(-c4ccc(C=O)s4)c4ccccc34)c(C)c12. The minimum atomic E-state index is 0.749. The first-order valence-electron chi connectivity index (χ1n) is 8.67. The lowest BCUT2D eigenvalue weighted by Gasteiger charge is -1.99. The third kappa shape index (κ3) is 2.56. The van der Waals surface area contributed by atoms with Gasteiger partial charge in [-0.1, -0.05) is 24.3 Å². The summed E-state index contributed by atoms with van der Waals surface area (Å²) in [4.78, 5) is 28.9. The predicted molar refractivity (Wildman–Crippen MR) is 124 cm³/mol. The molecule has 5 aromatic rings. The Labute approximate surface area is 177 Å². The molecule has 0 atom stereocenters. The molecular weight excluding hydrogens is 425 g/mol. The highest BCUT2D eigenvalue weighted by Crippen LogP contribution is 2.51. The fourth-order valence-electron chi connectivity index (χ4n) is 3.60. The molecule has 0 amide bonds. The van der Waals surface area contributed by atoms with Crippen LogP contribution in [0.25, 0.3) is 39.7 Å². The van der Waals surface area contributed by atoms with Crippen LogP contribution in [0, 0.1) is 13.8 Å². The van der Waals surface area contributed by atoms with Crippen molar-refractivity contribution in [2.45, 2.75) is 13.8 Å². The van der Waals surface area contributed by atoms with E-state index < -0.39 is 0 Å². The second-order valence-electron chi connectivity index (χ2n) is 6.55. The molecule has 0 saturated heterocycles. The normalized spacial score (nSPS) is 11.5. The molecule has 0 aliphatic carbocycles. The minimum absolute atomic E-state index is 0.749. The van der Waals surface area contributed by atoms with Crippen LogP contribution in [0.5, 0.6) is 0 Å². The van der Waals surface area contributed by atoms with Crippen LogP contribution in [0.1, 0.15) is 30.5 Å². The summed E-state index contributed by atoms with van der Waals surface area (Å²) in [5.74, 6) is 0. The average molecular weight is 439 g/mol. The summed E-state index contributed by atoms with van der Waals surface area (Å²) in [6.45, 7) is 4.20. The van der Waals surface area contributed by atoms with E-state index in [0.717, 1.165) is 32.8 Å². The Kier molecular flexibility index (Phi) is 4.32. The smallest absolute Gasteiger partial charge is 0.160 e. The third-order valence-electron chi connectivity index (χ3n) is 4.96. The number of hydrogen-bond donors (Lipinski definition) is 0. The van der Waals surface area contributed by atoms with Crippen LogP contribution in [0.2, 0.25) is 0 Å². The number of thiophene rings is 4. The maximum absolute atomic E-state index is 11.3. The number of rotatable bonds is 4. The Morgan fingerprint density at radius 1 is 0.714 bits per heavy atom. The van der Waals surface area contributed by atoms with Gasteiger partial charge in [-0.15, -0.1) is 45.3 Å². The van der Waals surface area contributed by atoms with Crippen molar-refractivity contribution in [3.63, 3.8) is 0 Å². The summed E-state index contributed by atoms with van der Waals surface area (Å²) >= 11 is 6.69. The van der Waals surface area contributed by atoms with Crippen LogP contribution in [-0.2, 0) is 0 Å². The van der Waals surface area contributed by atoms with E-state index in [-0.39, 0.29) is 0 Å². The molecule has 5 rings (SSSR count). The van der Waals surface area contributed by atoms with Crippen molar-refractivity contribution in [2.24, 2.45) is 0 Å². The van der Waals surface area contributed by atoms with Gasteiger partial charge in [0.2, 0.25) is 0 Å². The zero-order valence-electron chi connectivity index (χ0n) is 15.1. The van der Waals surface area contributed by atoms with Crippen LogP contribution in [0.15, 0.2) is 36.4 Å². The molecule has 1 aromatic carbocycles. The summed E-state index contributed by atoms with van der Waals surface area (Å²) < 4.78 is 1.21. The Morgan fingerprint density at radius 3 is 2.11 bits per heavy atom. The minimum Gasteiger partial charge on any atom is -0.297 e. The van der Waals surface area contributed by atoms with E-state index in [0.29, 0.717) is 0 Å². The van der Waals surface area contributed by atoms with Gasteiger partial charge in [-0.3, -0.25) is 9.59 Å². The second kappa shape index (κ2) is 6.74. The van der Waals surface area contributed by atoms with E-state index in [1.54, 1.807) is 34.0 Å². The van der Waals surface area contributed by atoms with Gasteiger partial charge in [0.15, 0.2) is 12.6 Å². The van der Waals surface area contributed by atoms with Crippen LogP contribution < -0.4 is 0 Å². The number of fused-ring (bicyclic) bond motifs is 2. The van der Waals surface area contributed by atoms with Crippen molar-refractivity contribution in [1.82, 2.24) is 0 Å². The van der Waals surface area contributed by atoms with Crippen molar-refractivity contribution in [2.75, 3.05) is 0 Å². The molecule has 0 spiro atoms. The number of aryl methyl sites for hydroxylation is 2. The quantitative estimate of drug-likeness (QED) is 0.268. The first-order chi connectivity index (χ1) is 13.6. The van der Waals surface area contributed by atoms with Gasteiger partial charge in [0.25, 0.3) is 0 Å². The maximum Gasteiger partial charge on any atom is 0.160 e. The monoisotopic (exact) mass is 438 g/mol. The number of carbonyl (C=O) groups excluding carboxylic acids is 2. The molecule has 4 heterocycles. The van der Waals surface area contributed by atoms with Crippen LogP contribution in [0.3, 0.4) is 0 Å². The lowest BCUT2D eigenvalue weighted by Crippen LogP contribution is -1.79. The largest absolute Gasteiger partial charge is 0.297 e. The Bertz CT molecular complexity index is 1380. The lowest BCUT2D eigenvalue weighted by atomic mass is 10.1. The number of aldehydes is 2. The molecule has 138 valence electrons. The summed E-state index contributed by atoms with van der Waals surface area (Å²) in [5, 5.41) is 3.70. The summed E-state index contributed by atoms with van der Waals surface area (Å²) in [6, 6.07) is 12.4. The topological polar surface area (TPSA) is 34.1 Å². The molecule has 28 heavy (non-hydrogen) atoms. The molecule has 6 heteroatoms.